The molecule has 5 heteroatoms. The first-order valence-corrected chi connectivity index (χ1v) is 5.93. The van der Waals surface area contributed by atoms with Gasteiger partial charge in [-0.2, -0.15) is 0 Å². The smallest absolute Gasteiger partial charge is 0.253 e. The van der Waals surface area contributed by atoms with E-state index in [2.05, 4.69) is 0 Å². The summed E-state index contributed by atoms with van der Waals surface area (Å²) >= 11 is 5.87. The van der Waals surface area contributed by atoms with E-state index in [1.54, 1.807) is 23.1 Å². The Morgan fingerprint density at radius 3 is 2.76 bits per heavy atom. The lowest BCUT2D eigenvalue weighted by Crippen LogP contribution is -2.32. The standard InChI is InChI=1S/C12H17ClN2O2/c1-2-15(6-3-7-16)12(17)9-4-5-11(14)10(13)8-9/h4-5,8,16H,2-3,6-7,14H2,1H3. The molecule has 0 radical (unpaired) electrons. The SMILES string of the molecule is CCN(CCCO)C(=O)c1ccc(N)c(Cl)c1. The average Bonchev–Trinajstić information content (AvgIpc) is 2.33. The van der Waals surface area contributed by atoms with Crippen molar-refractivity contribution >= 4 is 23.2 Å². The number of nitrogens with two attached hydrogens (primary N) is 1. The first kappa shape index (κ1) is 13.8. The molecule has 1 rings (SSSR count). The molecule has 0 heterocycles. The molecule has 94 valence electrons. The highest BCUT2D eigenvalue weighted by molar-refractivity contribution is 6.33. The summed E-state index contributed by atoms with van der Waals surface area (Å²) in [5.41, 5.74) is 6.57. The van der Waals surface area contributed by atoms with E-state index in [0.29, 0.717) is 35.8 Å². The number of carbonyl (C=O) groups is 1. The lowest BCUT2D eigenvalue weighted by molar-refractivity contribution is 0.0754. The fourth-order valence-electron chi connectivity index (χ4n) is 1.51. The van der Waals surface area contributed by atoms with Crippen LogP contribution in [-0.4, -0.2) is 35.6 Å². The van der Waals surface area contributed by atoms with Crippen LogP contribution < -0.4 is 5.73 Å². The predicted molar refractivity (Wildman–Crippen MR) is 69.1 cm³/mol. The van der Waals surface area contributed by atoms with E-state index in [9.17, 15) is 4.79 Å². The number of nitrogens with zero attached hydrogens (tertiary/aromatic N) is 1. The van der Waals surface area contributed by atoms with Crippen LogP contribution >= 0.6 is 11.6 Å². The van der Waals surface area contributed by atoms with Crippen molar-refractivity contribution in [3.63, 3.8) is 0 Å². The Kier molecular flexibility index (Phi) is 5.25. The Labute approximate surface area is 106 Å². The number of halogens is 1. The molecule has 3 N–H and O–H groups in total. The number of hydrogen-bond donors (Lipinski definition) is 2. The number of anilines is 1. The van der Waals surface area contributed by atoms with Crippen LogP contribution in [0, 0.1) is 0 Å². The van der Waals surface area contributed by atoms with Gasteiger partial charge in [0.1, 0.15) is 0 Å². The number of aliphatic hydroxyl groups excluding tert-OH is 1. The fraction of sp³-hybridized carbons (Fsp3) is 0.417. The van der Waals surface area contributed by atoms with Gasteiger partial charge < -0.3 is 15.7 Å². The molecular formula is C12H17ClN2O2. The maximum absolute atomic E-state index is 12.1. The number of hydrogen-bond acceptors (Lipinski definition) is 3. The van der Waals surface area contributed by atoms with Gasteiger partial charge in [-0.3, -0.25) is 4.79 Å². The number of nitrogen functional groups attached to an aromatic ring is 1. The molecule has 0 saturated carbocycles. The molecule has 0 atom stereocenters. The van der Waals surface area contributed by atoms with Gasteiger partial charge in [0.05, 0.1) is 10.7 Å². The highest BCUT2D eigenvalue weighted by Gasteiger charge is 2.14. The highest BCUT2D eigenvalue weighted by Crippen LogP contribution is 2.20. The zero-order valence-corrected chi connectivity index (χ0v) is 10.6. The minimum absolute atomic E-state index is 0.0757. The Balaban J connectivity index is 2.82. The molecule has 0 aliphatic heterocycles. The quantitative estimate of drug-likeness (QED) is 0.789. The Morgan fingerprint density at radius 2 is 2.24 bits per heavy atom. The van der Waals surface area contributed by atoms with E-state index in [1.165, 1.54) is 0 Å². The molecule has 0 aliphatic carbocycles. The van der Waals surface area contributed by atoms with Gasteiger partial charge in [-0.1, -0.05) is 11.6 Å². The third kappa shape index (κ3) is 3.61. The summed E-state index contributed by atoms with van der Waals surface area (Å²) in [6, 6.07) is 4.85. The van der Waals surface area contributed by atoms with E-state index in [1.807, 2.05) is 6.92 Å². The second-order valence-electron chi connectivity index (χ2n) is 3.70. The second kappa shape index (κ2) is 6.47. The van der Waals surface area contributed by atoms with Crippen molar-refractivity contribution in [3.05, 3.63) is 28.8 Å². The molecule has 0 bridgehead atoms. The Morgan fingerprint density at radius 1 is 1.53 bits per heavy atom. The van der Waals surface area contributed by atoms with Crippen LogP contribution in [0.5, 0.6) is 0 Å². The van der Waals surface area contributed by atoms with Crippen molar-refractivity contribution in [1.29, 1.82) is 0 Å². The average molecular weight is 257 g/mol. The molecule has 1 aromatic carbocycles. The molecule has 0 aromatic heterocycles. The van der Waals surface area contributed by atoms with Crippen LogP contribution in [0.2, 0.25) is 5.02 Å². The van der Waals surface area contributed by atoms with Crippen LogP contribution in [0.1, 0.15) is 23.7 Å². The lowest BCUT2D eigenvalue weighted by Gasteiger charge is -2.20. The van der Waals surface area contributed by atoms with Crippen molar-refractivity contribution in [3.8, 4) is 0 Å². The van der Waals surface area contributed by atoms with E-state index < -0.39 is 0 Å². The molecule has 17 heavy (non-hydrogen) atoms. The van der Waals surface area contributed by atoms with Crippen LogP contribution in [0.15, 0.2) is 18.2 Å². The summed E-state index contributed by atoms with van der Waals surface area (Å²) < 4.78 is 0. The lowest BCUT2D eigenvalue weighted by atomic mass is 10.1. The molecule has 0 saturated heterocycles. The normalized spacial score (nSPS) is 10.3. The van der Waals surface area contributed by atoms with Crippen LogP contribution in [0.3, 0.4) is 0 Å². The fourth-order valence-corrected chi connectivity index (χ4v) is 1.69. The summed E-state index contributed by atoms with van der Waals surface area (Å²) in [7, 11) is 0. The van der Waals surface area contributed by atoms with Gasteiger partial charge in [0.15, 0.2) is 0 Å². The van der Waals surface area contributed by atoms with E-state index in [4.69, 9.17) is 22.4 Å². The van der Waals surface area contributed by atoms with Crippen molar-refractivity contribution in [2.75, 3.05) is 25.4 Å². The molecule has 1 aromatic rings. The van der Waals surface area contributed by atoms with Crippen LogP contribution in [0.4, 0.5) is 5.69 Å². The minimum atomic E-state index is -0.0946. The van der Waals surface area contributed by atoms with Gasteiger partial charge in [-0.15, -0.1) is 0 Å². The maximum atomic E-state index is 12.1. The third-order valence-corrected chi connectivity index (χ3v) is 2.83. The summed E-state index contributed by atoms with van der Waals surface area (Å²) in [5, 5.41) is 9.15. The first-order chi connectivity index (χ1) is 8.10. The largest absolute Gasteiger partial charge is 0.398 e. The monoisotopic (exact) mass is 256 g/mol. The number of aliphatic hydroxyl groups is 1. The molecule has 0 unspecified atom stereocenters. The molecule has 1 amide bonds. The van der Waals surface area contributed by atoms with Crippen molar-refractivity contribution in [1.82, 2.24) is 4.90 Å². The van der Waals surface area contributed by atoms with Crippen LogP contribution in [-0.2, 0) is 0 Å². The Hall–Kier alpha value is -1.26. The number of rotatable bonds is 5. The van der Waals surface area contributed by atoms with Gasteiger partial charge in [0.2, 0.25) is 0 Å². The molecule has 4 nitrogen and oxygen atoms in total. The summed E-state index contributed by atoms with van der Waals surface area (Å²) in [6.45, 7) is 3.11. The molecule has 0 fully saturated rings. The summed E-state index contributed by atoms with van der Waals surface area (Å²) in [5.74, 6) is -0.0946. The van der Waals surface area contributed by atoms with Gasteiger partial charge in [-0.05, 0) is 31.5 Å². The predicted octanol–water partition coefficient (Wildman–Crippen LogP) is 1.77. The van der Waals surface area contributed by atoms with Gasteiger partial charge in [-0.25, -0.2) is 0 Å². The van der Waals surface area contributed by atoms with Crippen molar-refractivity contribution < 1.29 is 9.90 Å². The van der Waals surface area contributed by atoms with Crippen LogP contribution in [0.25, 0.3) is 0 Å². The van der Waals surface area contributed by atoms with Crippen molar-refractivity contribution in [2.24, 2.45) is 0 Å². The zero-order valence-electron chi connectivity index (χ0n) is 9.82. The summed E-state index contributed by atoms with van der Waals surface area (Å²) in [4.78, 5) is 13.8. The summed E-state index contributed by atoms with van der Waals surface area (Å²) in [6.07, 6.45) is 0.572. The molecule has 0 aliphatic rings. The van der Waals surface area contributed by atoms with E-state index >= 15 is 0 Å². The van der Waals surface area contributed by atoms with E-state index in [0.717, 1.165) is 0 Å². The zero-order chi connectivity index (χ0) is 12.8. The molecular weight excluding hydrogens is 240 g/mol. The first-order valence-electron chi connectivity index (χ1n) is 5.55. The maximum Gasteiger partial charge on any atom is 0.253 e. The van der Waals surface area contributed by atoms with E-state index in [-0.39, 0.29) is 12.5 Å². The number of benzene rings is 1. The second-order valence-corrected chi connectivity index (χ2v) is 4.11. The Bertz CT molecular complexity index is 396. The van der Waals surface area contributed by atoms with Gasteiger partial charge >= 0.3 is 0 Å². The third-order valence-electron chi connectivity index (χ3n) is 2.50. The molecule has 0 spiro atoms. The number of carbonyl (C=O) groups excluding carboxylic acids is 1. The van der Waals surface area contributed by atoms with Gasteiger partial charge in [0.25, 0.3) is 5.91 Å². The minimum Gasteiger partial charge on any atom is -0.398 e. The van der Waals surface area contributed by atoms with Crippen molar-refractivity contribution in [2.45, 2.75) is 13.3 Å². The van der Waals surface area contributed by atoms with Gasteiger partial charge in [0, 0.05) is 25.3 Å². The highest BCUT2D eigenvalue weighted by atomic mass is 35.5. The topological polar surface area (TPSA) is 66.6 Å². The number of amides is 1.